The van der Waals surface area contributed by atoms with E-state index in [0.717, 1.165) is 0 Å². The van der Waals surface area contributed by atoms with Crippen molar-refractivity contribution in [2.45, 2.75) is 0 Å². The van der Waals surface area contributed by atoms with Gasteiger partial charge in [-0.2, -0.15) is 0 Å². The molecule has 0 fully saturated rings. The molecule has 3 rings (SSSR count). The molecule has 0 aliphatic carbocycles. The van der Waals surface area contributed by atoms with E-state index in [4.69, 9.17) is 0 Å². The summed E-state index contributed by atoms with van der Waals surface area (Å²) in [5.74, 6) is 0. The molecule has 0 amide bonds. The Labute approximate surface area is 147 Å². The van der Waals surface area contributed by atoms with Crippen molar-refractivity contribution in [3.8, 4) is 0 Å². The van der Waals surface area contributed by atoms with Gasteiger partial charge in [-0.15, -0.1) is 0 Å². The number of benzene rings is 3. The molecule has 0 saturated heterocycles. The molecule has 0 nitrogen and oxygen atoms in total. The van der Waals surface area contributed by atoms with Crippen LogP contribution in [0, 0.1) is 0 Å². The summed E-state index contributed by atoms with van der Waals surface area (Å²) in [6.07, 6.45) is 0. The molecular weight excluding hydrogens is 634 g/mol. The van der Waals surface area contributed by atoms with Gasteiger partial charge in [0.2, 0.25) is 0 Å². The molecule has 2 heteroatoms. The third-order valence-corrected chi connectivity index (χ3v) is 12.5. The van der Waals surface area contributed by atoms with Crippen LogP contribution in [-0.2, 0) is 0 Å². The first-order valence-electron chi connectivity index (χ1n) is 6.40. The predicted molar refractivity (Wildman–Crippen MR) is 93.9 cm³/mol. The van der Waals surface area contributed by atoms with E-state index in [1.165, 1.54) is 9.81 Å². The summed E-state index contributed by atoms with van der Waals surface area (Å²) >= 11 is -2.06. The van der Waals surface area contributed by atoms with E-state index in [1.807, 2.05) is 0 Å². The van der Waals surface area contributed by atoms with E-state index >= 15 is 0 Å². The summed E-state index contributed by atoms with van der Waals surface area (Å²) in [6, 6.07) is 33.0. The van der Waals surface area contributed by atoms with Crippen molar-refractivity contribution in [1.29, 1.82) is 0 Å². The summed E-state index contributed by atoms with van der Waals surface area (Å²) in [6.45, 7) is 0. The second-order valence-electron chi connectivity index (χ2n) is 4.34. The van der Waals surface area contributed by atoms with Crippen molar-refractivity contribution in [1.82, 2.24) is 0 Å². The number of hydrogen-bond donors (Lipinski definition) is 0. The van der Waals surface area contributed by atoms with E-state index < -0.39 is 21.8 Å². The zero-order valence-corrected chi connectivity index (χ0v) is 20.3. The van der Waals surface area contributed by atoms with Gasteiger partial charge in [-0.05, 0) is 0 Å². The van der Waals surface area contributed by atoms with Gasteiger partial charge in [0.25, 0.3) is 0 Å². The fourth-order valence-corrected chi connectivity index (χ4v) is 11.1. The van der Waals surface area contributed by atoms with Crippen molar-refractivity contribution < 1.29 is 0 Å². The van der Waals surface area contributed by atoms with Gasteiger partial charge in [-0.25, -0.2) is 0 Å². The Morgan fingerprint density at radius 1 is 0.400 bits per heavy atom. The van der Waals surface area contributed by atoms with E-state index in [-0.39, 0.29) is 26.2 Å². The topological polar surface area (TPSA) is 0 Å². The Bertz CT molecular complexity index is 527. The van der Waals surface area contributed by atoms with Crippen LogP contribution in [0.5, 0.6) is 0 Å². The second kappa shape index (κ2) is 8.01. The molecular formula is C18H18Bi2. The second-order valence-corrected chi connectivity index (χ2v) is 13.0. The molecule has 0 N–H and O–H groups in total. The van der Waals surface area contributed by atoms with Crippen molar-refractivity contribution in [3.63, 3.8) is 0 Å². The van der Waals surface area contributed by atoms with Crippen LogP contribution in [0.4, 0.5) is 0 Å². The van der Waals surface area contributed by atoms with Crippen LogP contribution >= 0.6 is 0 Å². The van der Waals surface area contributed by atoms with E-state index in [1.54, 1.807) is 0 Å². The average molecular weight is 652 g/mol. The molecule has 0 bridgehead atoms. The van der Waals surface area contributed by atoms with Gasteiger partial charge in [0.1, 0.15) is 0 Å². The fourth-order valence-electron chi connectivity index (χ4n) is 2.18. The number of rotatable bonds is 3. The van der Waals surface area contributed by atoms with Crippen molar-refractivity contribution >= 4 is 57.8 Å². The zero-order chi connectivity index (χ0) is 12.9. The summed E-state index contributed by atoms with van der Waals surface area (Å²) < 4.78 is 4.61. The first kappa shape index (κ1) is 15.8. The van der Waals surface area contributed by atoms with Gasteiger partial charge in [0.15, 0.2) is 0 Å². The molecule has 0 aliphatic heterocycles. The average Bonchev–Trinajstić information content (AvgIpc) is 2.51. The monoisotopic (exact) mass is 652 g/mol. The normalized spacial score (nSPS) is 10.1. The summed E-state index contributed by atoms with van der Waals surface area (Å²) in [5.41, 5.74) is 0. The van der Waals surface area contributed by atoms with Crippen LogP contribution in [0.15, 0.2) is 91.0 Å². The van der Waals surface area contributed by atoms with Crippen molar-refractivity contribution in [2.24, 2.45) is 0 Å². The van der Waals surface area contributed by atoms with Gasteiger partial charge in [-0.1, -0.05) is 0 Å². The molecule has 0 radical (unpaired) electrons. The van der Waals surface area contributed by atoms with Crippen LogP contribution in [-0.4, -0.2) is 48.0 Å². The third-order valence-electron chi connectivity index (χ3n) is 3.04. The van der Waals surface area contributed by atoms with Crippen molar-refractivity contribution in [2.75, 3.05) is 0 Å². The predicted octanol–water partition coefficient (Wildman–Crippen LogP) is 1.02. The quantitative estimate of drug-likeness (QED) is 0.372. The molecule has 0 unspecified atom stereocenters. The van der Waals surface area contributed by atoms with E-state index in [2.05, 4.69) is 91.0 Å². The molecule has 0 heterocycles. The molecule has 3 aromatic rings. The van der Waals surface area contributed by atoms with Crippen LogP contribution in [0.3, 0.4) is 0 Å². The molecule has 0 atom stereocenters. The molecule has 20 heavy (non-hydrogen) atoms. The third kappa shape index (κ3) is 3.75. The molecule has 0 spiro atoms. The van der Waals surface area contributed by atoms with Gasteiger partial charge in [0.05, 0.1) is 0 Å². The first-order chi connectivity index (χ1) is 9.45. The van der Waals surface area contributed by atoms with Gasteiger partial charge in [-0.3, -0.25) is 0 Å². The first-order valence-corrected chi connectivity index (χ1v) is 11.6. The van der Waals surface area contributed by atoms with Crippen LogP contribution in [0.25, 0.3) is 0 Å². The SMILES string of the molecule is [BiH3].c1cc[c]([Bi]([c]2ccccc2)[c]2ccccc2)cc1. The van der Waals surface area contributed by atoms with E-state index in [9.17, 15) is 0 Å². The van der Waals surface area contributed by atoms with Gasteiger partial charge >= 0.3 is 149 Å². The molecule has 0 saturated carbocycles. The van der Waals surface area contributed by atoms with Crippen LogP contribution < -0.4 is 9.81 Å². The Morgan fingerprint density at radius 2 is 0.650 bits per heavy atom. The maximum atomic E-state index is 2.29. The fraction of sp³-hybridized carbons (Fsp3) is 0. The molecule has 3 aromatic carbocycles. The molecule has 100 valence electrons. The zero-order valence-electron chi connectivity index (χ0n) is 11.3. The summed E-state index contributed by atoms with van der Waals surface area (Å²) in [7, 11) is 0. The van der Waals surface area contributed by atoms with Gasteiger partial charge < -0.3 is 0 Å². The van der Waals surface area contributed by atoms with Gasteiger partial charge in [0, 0.05) is 0 Å². The van der Waals surface area contributed by atoms with Crippen LogP contribution in [0.1, 0.15) is 0 Å². The summed E-state index contributed by atoms with van der Waals surface area (Å²) in [5, 5.41) is 0. The Hall–Kier alpha value is -0.574. The minimum absolute atomic E-state index is 0. The summed E-state index contributed by atoms with van der Waals surface area (Å²) in [4.78, 5) is 0. The molecule has 0 aromatic heterocycles. The maximum absolute atomic E-state index is 2.29. The number of hydrogen-bond acceptors (Lipinski definition) is 0. The standard InChI is InChI=1S/3C6H5.2Bi.3H/c3*1-2-4-6-5-3-1;;;;;/h3*1-5H;;;;;. The Kier molecular flexibility index (Phi) is 6.33. The van der Waals surface area contributed by atoms with E-state index in [0.29, 0.717) is 0 Å². The van der Waals surface area contributed by atoms with Crippen LogP contribution in [0.2, 0.25) is 0 Å². The minimum atomic E-state index is -2.06. The molecule has 0 aliphatic rings. The van der Waals surface area contributed by atoms with Crippen molar-refractivity contribution in [3.05, 3.63) is 91.0 Å². The Balaban J connectivity index is 0.00000147. The Morgan fingerprint density at radius 3 is 0.900 bits per heavy atom.